The Kier molecular flexibility index (Phi) is 24.9. The van der Waals surface area contributed by atoms with Gasteiger partial charge >= 0.3 is 0 Å². The van der Waals surface area contributed by atoms with Gasteiger partial charge in [0.1, 0.15) is 0 Å². The van der Waals surface area contributed by atoms with E-state index >= 15 is 0 Å². The molecule has 0 amide bonds. The summed E-state index contributed by atoms with van der Waals surface area (Å²) in [5, 5.41) is 13.1. The number of anilines is 1. The standard InChI is InChI=1S/C13H19N3OS.C6H10.C2H6.CH4O/c1-9(2)15-13-16-12(8-18-13)7-14-10(3)6-11(4)17-5;1-3-5-6-4-2;2*1-2/h6-9H,3H2,1-2,4-5H3,(H,15,16);3-4,6H,1,5H2,2H3;1-2H3;2H,1H3/b11-6+,14-7?;6-4-;;. The minimum atomic E-state index is 0.378. The average molecular weight is 410 g/mol. The minimum absolute atomic E-state index is 0.378. The Morgan fingerprint density at radius 2 is 2.00 bits per heavy atom. The van der Waals surface area contributed by atoms with Crippen LogP contribution in [-0.4, -0.2) is 36.6 Å². The van der Waals surface area contributed by atoms with Crippen LogP contribution in [0, 0.1) is 0 Å². The number of methoxy groups -OCH3 is 1. The first-order valence-electron chi connectivity index (χ1n) is 9.27. The number of ether oxygens (including phenoxy) is 1. The van der Waals surface area contributed by atoms with Crippen LogP contribution in [0.4, 0.5) is 5.13 Å². The Balaban J connectivity index is -0.000000526. The number of aliphatic hydroxyl groups excluding tert-OH is 1. The normalized spacial score (nSPS) is 10.3. The zero-order valence-corrected chi connectivity index (χ0v) is 19.6. The van der Waals surface area contributed by atoms with Gasteiger partial charge in [-0.05, 0) is 34.1 Å². The molecule has 0 aliphatic rings. The first-order valence-corrected chi connectivity index (χ1v) is 10.1. The van der Waals surface area contributed by atoms with Crippen LogP contribution in [-0.2, 0) is 4.74 Å². The van der Waals surface area contributed by atoms with E-state index in [1.165, 1.54) is 0 Å². The molecular formula is C22H39N3O2S. The van der Waals surface area contributed by atoms with E-state index in [9.17, 15) is 0 Å². The molecular weight excluding hydrogens is 370 g/mol. The Hall–Kier alpha value is -2.18. The fourth-order valence-electron chi connectivity index (χ4n) is 1.37. The van der Waals surface area contributed by atoms with Crippen molar-refractivity contribution in [2.45, 2.75) is 54.0 Å². The van der Waals surface area contributed by atoms with Gasteiger partial charge in [0.2, 0.25) is 0 Å². The van der Waals surface area contributed by atoms with Crippen molar-refractivity contribution in [2.24, 2.45) is 4.99 Å². The Bertz CT molecular complexity index is 588. The smallest absolute Gasteiger partial charge is 0.183 e. The molecule has 0 saturated heterocycles. The van der Waals surface area contributed by atoms with Crippen molar-refractivity contribution >= 4 is 22.7 Å². The minimum Gasteiger partial charge on any atom is -0.501 e. The zero-order chi connectivity index (χ0) is 22.4. The van der Waals surface area contributed by atoms with Crippen molar-refractivity contribution in [3.63, 3.8) is 0 Å². The third-order valence-electron chi connectivity index (χ3n) is 2.53. The van der Waals surface area contributed by atoms with E-state index < -0.39 is 0 Å². The van der Waals surface area contributed by atoms with E-state index in [4.69, 9.17) is 9.84 Å². The quantitative estimate of drug-likeness (QED) is 0.231. The van der Waals surface area contributed by atoms with Gasteiger partial charge in [0, 0.05) is 24.6 Å². The van der Waals surface area contributed by atoms with Crippen LogP contribution in [0.5, 0.6) is 0 Å². The molecule has 0 unspecified atom stereocenters. The molecule has 160 valence electrons. The Morgan fingerprint density at radius 1 is 1.39 bits per heavy atom. The number of aliphatic hydroxyl groups is 1. The molecule has 6 heteroatoms. The van der Waals surface area contributed by atoms with Crippen LogP contribution in [0.2, 0.25) is 0 Å². The molecule has 0 bridgehead atoms. The fraction of sp³-hybridized carbons (Fsp3) is 0.455. The maximum absolute atomic E-state index is 7.00. The van der Waals surface area contributed by atoms with Crippen LogP contribution >= 0.6 is 11.3 Å². The number of thiazole rings is 1. The molecule has 5 nitrogen and oxygen atoms in total. The summed E-state index contributed by atoms with van der Waals surface area (Å²) in [5.74, 6) is 0.776. The van der Waals surface area contributed by atoms with Crippen LogP contribution in [0.15, 0.2) is 59.3 Å². The summed E-state index contributed by atoms with van der Waals surface area (Å²) >= 11 is 1.56. The van der Waals surface area contributed by atoms with Gasteiger partial charge in [0.25, 0.3) is 0 Å². The van der Waals surface area contributed by atoms with Crippen molar-refractivity contribution < 1.29 is 9.84 Å². The average Bonchev–Trinajstić information content (AvgIpc) is 3.15. The molecule has 2 N–H and O–H groups in total. The van der Waals surface area contributed by atoms with Gasteiger partial charge in [0.15, 0.2) is 5.13 Å². The molecule has 1 aromatic rings. The number of nitrogens with zero attached hydrogens (tertiary/aromatic N) is 2. The maximum atomic E-state index is 7.00. The lowest BCUT2D eigenvalue weighted by molar-refractivity contribution is 0.293. The van der Waals surface area contributed by atoms with Crippen LogP contribution < -0.4 is 5.32 Å². The third-order valence-corrected chi connectivity index (χ3v) is 3.32. The molecule has 0 fully saturated rings. The lowest BCUT2D eigenvalue weighted by atomic mass is 10.4. The van der Waals surface area contributed by atoms with Crippen LogP contribution in [0.3, 0.4) is 0 Å². The van der Waals surface area contributed by atoms with E-state index in [0.29, 0.717) is 11.7 Å². The molecule has 0 spiro atoms. The molecule has 0 radical (unpaired) electrons. The maximum Gasteiger partial charge on any atom is 0.183 e. The monoisotopic (exact) mass is 409 g/mol. The summed E-state index contributed by atoms with van der Waals surface area (Å²) in [6.45, 7) is 19.4. The topological polar surface area (TPSA) is 66.7 Å². The zero-order valence-electron chi connectivity index (χ0n) is 18.8. The molecule has 1 aromatic heterocycles. The molecule has 1 rings (SSSR count). The van der Waals surface area contributed by atoms with Gasteiger partial charge in [-0.3, -0.25) is 4.99 Å². The Morgan fingerprint density at radius 3 is 2.43 bits per heavy atom. The van der Waals surface area contributed by atoms with Crippen molar-refractivity contribution in [2.75, 3.05) is 19.5 Å². The Labute approximate surface area is 176 Å². The number of hydrogen-bond donors (Lipinski definition) is 2. The second-order valence-corrected chi connectivity index (χ2v) is 6.04. The van der Waals surface area contributed by atoms with Gasteiger partial charge < -0.3 is 15.2 Å². The van der Waals surface area contributed by atoms with Crippen molar-refractivity contribution in [3.05, 3.63) is 60.0 Å². The fourth-order valence-corrected chi connectivity index (χ4v) is 2.18. The first kappa shape index (κ1) is 30.5. The summed E-state index contributed by atoms with van der Waals surface area (Å²) in [6, 6.07) is 0.378. The van der Waals surface area contributed by atoms with Crippen LogP contribution in [0.25, 0.3) is 0 Å². The molecule has 0 atom stereocenters. The molecule has 28 heavy (non-hydrogen) atoms. The highest BCUT2D eigenvalue weighted by atomic mass is 32.1. The highest BCUT2D eigenvalue weighted by Gasteiger charge is 2.00. The largest absolute Gasteiger partial charge is 0.501 e. The summed E-state index contributed by atoms with van der Waals surface area (Å²) in [4.78, 5) is 8.60. The van der Waals surface area contributed by atoms with Gasteiger partial charge in [-0.25, -0.2) is 4.98 Å². The predicted molar refractivity (Wildman–Crippen MR) is 127 cm³/mol. The van der Waals surface area contributed by atoms with Crippen molar-refractivity contribution in [1.82, 2.24) is 4.98 Å². The molecule has 0 aliphatic carbocycles. The highest BCUT2D eigenvalue weighted by molar-refractivity contribution is 7.13. The van der Waals surface area contributed by atoms with E-state index in [0.717, 1.165) is 30.1 Å². The number of allylic oxidation sites excluding steroid dienone is 5. The lowest BCUT2D eigenvalue weighted by Crippen LogP contribution is -2.09. The summed E-state index contributed by atoms with van der Waals surface area (Å²) in [6.07, 6.45) is 10.4. The number of aliphatic imine (C=N–C) groups is 1. The summed E-state index contributed by atoms with van der Waals surface area (Å²) in [5.41, 5.74) is 1.47. The number of rotatable bonds is 8. The lowest BCUT2D eigenvalue weighted by Gasteiger charge is -2.03. The predicted octanol–water partition coefficient (Wildman–Crippen LogP) is 6.22. The van der Waals surface area contributed by atoms with E-state index in [-0.39, 0.29) is 0 Å². The molecule has 0 aliphatic heterocycles. The summed E-state index contributed by atoms with van der Waals surface area (Å²) in [7, 11) is 2.62. The van der Waals surface area contributed by atoms with Crippen LogP contribution in [0.1, 0.15) is 53.7 Å². The van der Waals surface area contributed by atoms with Crippen molar-refractivity contribution in [3.8, 4) is 0 Å². The third kappa shape index (κ3) is 20.1. The first-order chi connectivity index (χ1) is 13.4. The number of hydrogen-bond acceptors (Lipinski definition) is 6. The van der Waals surface area contributed by atoms with E-state index in [1.54, 1.807) is 30.7 Å². The molecule has 1 heterocycles. The number of aromatic nitrogens is 1. The van der Waals surface area contributed by atoms with Gasteiger partial charge in [-0.15, -0.1) is 17.9 Å². The SMILES string of the molecule is C=C(/C=C(\C)OC)N=Cc1csc(NC(C)C)n1.C=CC/C=C\C.CC.CO. The second-order valence-electron chi connectivity index (χ2n) is 5.18. The second kappa shape index (κ2) is 22.9. The van der Waals surface area contributed by atoms with Gasteiger partial charge in [0.05, 0.1) is 30.5 Å². The van der Waals surface area contributed by atoms with Crippen molar-refractivity contribution in [1.29, 1.82) is 0 Å². The molecule has 0 saturated carbocycles. The van der Waals surface area contributed by atoms with E-state index in [2.05, 4.69) is 48.4 Å². The highest BCUT2D eigenvalue weighted by Crippen LogP contribution is 2.15. The van der Waals surface area contributed by atoms with Gasteiger partial charge in [-0.2, -0.15) is 0 Å². The van der Waals surface area contributed by atoms with Gasteiger partial charge in [-0.1, -0.05) is 38.7 Å². The molecule has 0 aromatic carbocycles. The van der Waals surface area contributed by atoms with E-state index in [1.807, 2.05) is 45.2 Å². The summed E-state index contributed by atoms with van der Waals surface area (Å²) < 4.78 is 5.02. The number of nitrogens with one attached hydrogen (secondary N) is 1.